The molecule has 1 heterocycles. The van der Waals surface area contributed by atoms with Crippen LogP contribution in [0.1, 0.15) is 26.0 Å². The molecule has 15 heavy (non-hydrogen) atoms. The summed E-state index contributed by atoms with van der Waals surface area (Å²) in [6.07, 6.45) is 1.22. The molecule has 0 saturated carbocycles. The average Bonchev–Trinajstić information content (AvgIpc) is 2.62. The summed E-state index contributed by atoms with van der Waals surface area (Å²) in [5.74, 6) is 3.47. The normalized spacial score (nSPS) is 13.0. The smallest absolute Gasteiger partial charge is 0.164 e. The molecule has 86 valence electrons. The second kappa shape index (κ2) is 7.57. The molecular formula is C11H18INOS. The highest BCUT2D eigenvalue weighted by Crippen LogP contribution is 2.10. The van der Waals surface area contributed by atoms with Crippen LogP contribution < -0.4 is 5.32 Å². The van der Waals surface area contributed by atoms with Crippen LogP contribution >= 0.6 is 34.4 Å². The molecule has 1 rings (SSSR count). The Morgan fingerprint density at radius 1 is 1.53 bits per heavy atom. The molecule has 0 spiro atoms. The van der Waals surface area contributed by atoms with E-state index in [4.69, 9.17) is 4.42 Å². The first-order chi connectivity index (χ1) is 7.22. The van der Waals surface area contributed by atoms with Gasteiger partial charge in [-0.3, -0.25) is 0 Å². The van der Waals surface area contributed by atoms with E-state index in [2.05, 4.69) is 41.8 Å². The Kier molecular flexibility index (Phi) is 6.76. The summed E-state index contributed by atoms with van der Waals surface area (Å²) >= 11 is 4.19. The molecule has 0 aromatic carbocycles. The van der Waals surface area contributed by atoms with Gasteiger partial charge in [0.2, 0.25) is 0 Å². The Balaban J connectivity index is 2.13. The predicted molar refractivity (Wildman–Crippen MR) is 75.3 cm³/mol. The second-order valence-electron chi connectivity index (χ2n) is 3.47. The predicted octanol–water partition coefficient (Wildman–Crippen LogP) is 3.51. The molecule has 1 aromatic rings. The van der Waals surface area contributed by atoms with E-state index in [1.54, 1.807) is 0 Å². The molecule has 0 amide bonds. The summed E-state index contributed by atoms with van der Waals surface area (Å²) in [5, 5.41) is 3.46. The molecule has 0 aliphatic rings. The maximum Gasteiger partial charge on any atom is 0.164 e. The van der Waals surface area contributed by atoms with Crippen molar-refractivity contribution in [3.8, 4) is 0 Å². The highest BCUT2D eigenvalue weighted by atomic mass is 127. The van der Waals surface area contributed by atoms with Gasteiger partial charge in [-0.25, -0.2) is 0 Å². The van der Waals surface area contributed by atoms with Crippen molar-refractivity contribution in [1.29, 1.82) is 0 Å². The van der Waals surface area contributed by atoms with Crippen molar-refractivity contribution in [3.63, 3.8) is 0 Å². The molecule has 1 aromatic heterocycles. The zero-order valence-electron chi connectivity index (χ0n) is 9.25. The highest BCUT2D eigenvalue weighted by molar-refractivity contribution is 14.1. The number of furan rings is 1. The monoisotopic (exact) mass is 339 g/mol. The quantitative estimate of drug-likeness (QED) is 0.608. The zero-order chi connectivity index (χ0) is 11.1. The van der Waals surface area contributed by atoms with Crippen molar-refractivity contribution >= 4 is 34.4 Å². The average molecular weight is 339 g/mol. The van der Waals surface area contributed by atoms with Crippen LogP contribution in [0, 0.1) is 3.77 Å². The highest BCUT2D eigenvalue weighted by Gasteiger charge is 2.03. The molecule has 0 fully saturated rings. The third-order valence-electron chi connectivity index (χ3n) is 2.15. The fraction of sp³-hybridized carbons (Fsp3) is 0.636. The molecule has 0 bridgehead atoms. The topological polar surface area (TPSA) is 25.2 Å². The van der Waals surface area contributed by atoms with Gasteiger partial charge in [-0.05, 0) is 59.6 Å². The van der Waals surface area contributed by atoms with Crippen LogP contribution in [0.15, 0.2) is 16.5 Å². The van der Waals surface area contributed by atoms with E-state index in [9.17, 15) is 0 Å². The Labute approximate surface area is 110 Å². The van der Waals surface area contributed by atoms with Crippen molar-refractivity contribution < 1.29 is 4.42 Å². The number of nitrogens with one attached hydrogen (secondary N) is 1. The minimum Gasteiger partial charge on any atom is -0.454 e. The number of hydrogen-bond donors (Lipinski definition) is 1. The van der Waals surface area contributed by atoms with Crippen molar-refractivity contribution in [2.45, 2.75) is 32.9 Å². The lowest BCUT2D eigenvalue weighted by atomic mass is 10.2. The van der Waals surface area contributed by atoms with E-state index in [0.717, 1.165) is 16.1 Å². The minimum absolute atomic E-state index is 0.562. The van der Waals surface area contributed by atoms with Crippen LogP contribution in [0.25, 0.3) is 0 Å². The number of thioether (sulfide) groups is 1. The fourth-order valence-electron chi connectivity index (χ4n) is 1.23. The SMILES string of the molecule is CCSCCC(C)NCc1ccc(I)o1. The first-order valence-corrected chi connectivity index (χ1v) is 7.51. The Hall–Kier alpha value is 0.320. The Morgan fingerprint density at radius 3 is 2.93 bits per heavy atom. The van der Waals surface area contributed by atoms with Crippen molar-refractivity contribution in [3.05, 3.63) is 21.7 Å². The molecule has 0 saturated heterocycles. The van der Waals surface area contributed by atoms with Crippen molar-refractivity contribution in [2.24, 2.45) is 0 Å². The standard InChI is InChI=1S/C11H18INOS/c1-3-15-7-6-9(2)13-8-10-4-5-11(12)14-10/h4-5,9,13H,3,6-8H2,1-2H3. The lowest BCUT2D eigenvalue weighted by molar-refractivity contribution is 0.438. The molecule has 4 heteroatoms. The number of rotatable bonds is 7. The van der Waals surface area contributed by atoms with Crippen LogP contribution in [0.5, 0.6) is 0 Å². The van der Waals surface area contributed by atoms with Gasteiger partial charge in [0.05, 0.1) is 6.54 Å². The fourth-order valence-corrected chi connectivity index (χ4v) is 2.50. The lowest BCUT2D eigenvalue weighted by Crippen LogP contribution is -2.25. The largest absolute Gasteiger partial charge is 0.454 e. The number of hydrogen-bond acceptors (Lipinski definition) is 3. The molecule has 1 unspecified atom stereocenters. The summed E-state index contributed by atoms with van der Waals surface area (Å²) in [4.78, 5) is 0. The molecule has 1 N–H and O–H groups in total. The van der Waals surface area contributed by atoms with Crippen LogP contribution in [0.4, 0.5) is 0 Å². The maximum absolute atomic E-state index is 5.48. The summed E-state index contributed by atoms with van der Waals surface area (Å²) in [6, 6.07) is 4.59. The van der Waals surface area contributed by atoms with Crippen molar-refractivity contribution in [1.82, 2.24) is 5.32 Å². The van der Waals surface area contributed by atoms with E-state index in [1.165, 1.54) is 17.9 Å². The summed E-state index contributed by atoms with van der Waals surface area (Å²) in [7, 11) is 0. The van der Waals surface area contributed by atoms with Gasteiger partial charge in [-0.15, -0.1) is 0 Å². The maximum atomic E-state index is 5.48. The molecular weight excluding hydrogens is 321 g/mol. The van der Waals surface area contributed by atoms with Crippen molar-refractivity contribution in [2.75, 3.05) is 11.5 Å². The minimum atomic E-state index is 0.562. The van der Waals surface area contributed by atoms with Gasteiger partial charge in [-0.2, -0.15) is 11.8 Å². The van der Waals surface area contributed by atoms with Crippen LogP contribution in [0.3, 0.4) is 0 Å². The number of halogens is 1. The Morgan fingerprint density at radius 2 is 2.33 bits per heavy atom. The molecule has 0 aliphatic heterocycles. The third-order valence-corrected chi connectivity index (χ3v) is 3.67. The summed E-state index contributed by atoms with van der Waals surface area (Å²) < 4.78 is 6.44. The van der Waals surface area contributed by atoms with Crippen LogP contribution in [-0.2, 0) is 6.54 Å². The van der Waals surface area contributed by atoms with Gasteiger partial charge in [0, 0.05) is 6.04 Å². The van der Waals surface area contributed by atoms with Gasteiger partial charge >= 0.3 is 0 Å². The zero-order valence-corrected chi connectivity index (χ0v) is 12.2. The first kappa shape index (κ1) is 13.4. The van der Waals surface area contributed by atoms with Gasteiger partial charge in [0.25, 0.3) is 0 Å². The molecule has 1 atom stereocenters. The van der Waals surface area contributed by atoms with E-state index < -0.39 is 0 Å². The van der Waals surface area contributed by atoms with Gasteiger partial charge in [-0.1, -0.05) is 6.92 Å². The van der Waals surface area contributed by atoms with E-state index in [0.29, 0.717) is 6.04 Å². The second-order valence-corrected chi connectivity index (χ2v) is 5.93. The van der Waals surface area contributed by atoms with Crippen LogP contribution in [0.2, 0.25) is 0 Å². The summed E-state index contributed by atoms with van der Waals surface area (Å²) in [5.41, 5.74) is 0. The summed E-state index contributed by atoms with van der Waals surface area (Å²) in [6.45, 7) is 5.26. The molecule has 0 radical (unpaired) electrons. The van der Waals surface area contributed by atoms with E-state index in [1.807, 2.05) is 23.9 Å². The van der Waals surface area contributed by atoms with E-state index >= 15 is 0 Å². The molecule has 2 nitrogen and oxygen atoms in total. The Bertz CT molecular complexity index is 277. The third kappa shape index (κ3) is 5.82. The molecule has 0 aliphatic carbocycles. The van der Waals surface area contributed by atoms with E-state index in [-0.39, 0.29) is 0 Å². The van der Waals surface area contributed by atoms with Crippen LogP contribution in [-0.4, -0.2) is 17.5 Å². The van der Waals surface area contributed by atoms with Gasteiger partial charge in [0.1, 0.15) is 5.76 Å². The van der Waals surface area contributed by atoms with Gasteiger partial charge in [0.15, 0.2) is 3.77 Å². The first-order valence-electron chi connectivity index (χ1n) is 5.27. The lowest BCUT2D eigenvalue weighted by Gasteiger charge is -2.11. The van der Waals surface area contributed by atoms with Gasteiger partial charge < -0.3 is 9.73 Å².